The molecule has 3 aromatic rings. The summed E-state index contributed by atoms with van der Waals surface area (Å²) in [6, 6.07) is 12.1. The van der Waals surface area contributed by atoms with Gasteiger partial charge in [-0.1, -0.05) is 24.3 Å². The molecule has 1 aromatic heterocycles. The second-order valence-electron chi connectivity index (χ2n) is 5.95. The number of amides is 1. The van der Waals surface area contributed by atoms with Gasteiger partial charge in [-0.3, -0.25) is 4.79 Å². The van der Waals surface area contributed by atoms with Crippen LogP contribution in [-0.4, -0.2) is 10.9 Å². The van der Waals surface area contributed by atoms with Crippen molar-refractivity contribution < 1.29 is 13.6 Å². The van der Waals surface area contributed by atoms with E-state index in [-0.39, 0.29) is 18.0 Å². The number of hydrogen-bond donors (Lipinski definition) is 1. The molecule has 2 aromatic carbocycles. The van der Waals surface area contributed by atoms with Gasteiger partial charge in [-0.25, -0.2) is 9.37 Å². The van der Waals surface area contributed by atoms with Gasteiger partial charge < -0.3 is 9.73 Å². The number of aromatic nitrogens is 1. The molecule has 5 heteroatoms. The number of carbonyl (C=O) groups excluding carboxylic acids is 1. The van der Waals surface area contributed by atoms with Crippen molar-refractivity contribution in [3.8, 4) is 11.3 Å². The van der Waals surface area contributed by atoms with Crippen LogP contribution in [0.25, 0.3) is 11.3 Å². The van der Waals surface area contributed by atoms with Crippen LogP contribution in [-0.2, 0) is 11.2 Å². The number of halogens is 1. The van der Waals surface area contributed by atoms with Gasteiger partial charge in [-0.2, -0.15) is 0 Å². The summed E-state index contributed by atoms with van der Waals surface area (Å²) in [6.07, 6.45) is 2.18. The number of carbonyl (C=O) groups is 1. The molecule has 0 fully saturated rings. The number of anilines is 1. The maximum atomic E-state index is 13.5. The van der Waals surface area contributed by atoms with Crippen LogP contribution in [0.1, 0.15) is 23.4 Å². The van der Waals surface area contributed by atoms with Crippen LogP contribution in [0.2, 0.25) is 0 Å². The van der Waals surface area contributed by atoms with Crippen LogP contribution in [0.15, 0.2) is 53.1 Å². The molecule has 0 unspecified atom stereocenters. The predicted octanol–water partition coefficient (Wildman–Crippen LogP) is 4.67. The Hall–Kier alpha value is -2.95. The molecule has 0 aliphatic carbocycles. The number of benzene rings is 2. The molecule has 1 amide bonds. The average molecular weight is 338 g/mol. The van der Waals surface area contributed by atoms with Gasteiger partial charge in [0.15, 0.2) is 11.7 Å². The van der Waals surface area contributed by atoms with Crippen LogP contribution in [0.3, 0.4) is 0 Å². The van der Waals surface area contributed by atoms with Gasteiger partial charge in [0, 0.05) is 18.4 Å². The zero-order valence-corrected chi connectivity index (χ0v) is 14.2. The minimum Gasteiger partial charge on any atom is -0.441 e. The van der Waals surface area contributed by atoms with Gasteiger partial charge in [-0.05, 0) is 43.2 Å². The van der Waals surface area contributed by atoms with Crippen molar-refractivity contribution in [3.63, 3.8) is 0 Å². The van der Waals surface area contributed by atoms with Crippen molar-refractivity contribution in [2.45, 2.75) is 26.7 Å². The molecule has 3 rings (SSSR count). The summed E-state index contributed by atoms with van der Waals surface area (Å²) in [5, 5.41) is 2.55. The smallest absolute Gasteiger partial charge is 0.224 e. The summed E-state index contributed by atoms with van der Waals surface area (Å²) in [6.45, 7) is 4.10. The highest BCUT2D eigenvalue weighted by atomic mass is 19.1. The molecule has 0 radical (unpaired) electrons. The van der Waals surface area contributed by atoms with Crippen LogP contribution in [0.5, 0.6) is 0 Å². The van der Waals surface area contributed by atoms with E-state index in [9.17, 15) is 9.18 Å². The molecular weight excluding hydrogens is 319 g/mol. The van der Waals surface area contributed by atoms with E-state index in [1.54, 1.807) is 18.3 Å². The van der Waals surface area contributed by atoms with Gasteiger partial charge in [0.25, 0.3) is 0 Å². The summed E-state index contributed by atoms with van der Waals surface area (Å²) in [7, 11) is 0. The molecule has 0 saturated heterocycles. The van der Waals surface area contributed by atoms with E-state index in [0.29, 0.717) is 18.1 Å². The monoisotopic (exact) mass is 338 g/mol. The molecular formula is C20H19FN2O2. The van der Waals surface area contributed by atoms with Crippen molar-refractivity contribution in [1.29, 1.82) is 0 Å². The topological polar surface area (TPSA) is 55.1 Å². The third kappa shape index (κ3) is 4.12. The normalized spacial score (nSPS) is 10.7. The standard InChI is InChI=1S/C20H19FN2O2/c1-13-7-8-15(11-14(13)2)18-12-22-20(25-18)10-9-19(24)23-17-6-4-3-5-16(17)21/h3-8,11-12H,9-10H2,1-2H3,(H,23,24). The highest BCUT2D eigenvalue weighted by Crippen LogP contribution is 2.23. The Labute approximate surface area is 145 Å². The number of oxazole rings is 1. The van der Waals surface area contributed by atoms with Crippen LogP contribution < -0.4 is 5.32 Å². The zero-order chi connectivity index (χ0) is 17.8. The van der Waals surface area contributed by atoms with E-state index in [4.69, 9.17) is 4.42 Å². The molecule has 128 valence electrons. The third-order valence-corrected chi connectivity index (χ3v) is 4.06. The molecule has 0 bridgehead atoms. The van der Waals surface area contributed by atoms with E-state index in [2.05, 4.69) is 17.2 Å². The lowest BCUT2D eigenvalue weighted by Crippen LogP contribution is -2.13. The summed E-state index contributed by atoms with van der Waals surface area (Å²) >= 11 is 0. The molecule has 0 saturated carbocycles. The number of para-hydroxylation sites is 1. The van der Waals surface area contributed by atoms with Crippen molar-refractivity contribution in [3.05, 3.63) is 71.5 Å². The van der Waals surface area contributed by atoms with Crippen molar-refractivity contribution in [2.75, 3.05) is 5.32 Å². The first-order valence-electron chi connectivity index (χ1n) is 8.09. The largest absolute Gasteiger partial charge is 0.441 e. The molecule has 1 N–H and O–H groups in total. The summed E-state index contributed by atoms with van der Waals surface area (Å²) in [5.74, 6) is 0.421. The lowest BCUT2D eigenvalue weighted by Gasteiger charge is -2.05. The van der Waals surface area contributed by atoms with Crippen molar-refractivity contribution in [2.24, 2.45) is 0 Å². The first kappa shape index (κ1) is 16.9. The lowest BCUT2D eigenvalue weighted by atomic mass is 10.1. The fraction of sp³-hybridized carbons (Fsp3) is 0.200. The second-order valence-corrected chi connectivity index (χ2v) is 5.95. The van der Waals surface area contributed by atoms with E-state index in [1.165, 1.54) is 23.3 Å². The molecule has 0 aliphatic rings. The number of nitrogens with zero attached hydrogens (tertiary/aromatic N) is 1. The van der Waals surface area contributed by atoms with Gasteiger partial charge in [0.1, 0.15) is 5.82 Å². The van der Waals surface area contributed by atoms with Crippen LogP contribution >= 0.6 is 0 Å². The fourth-order valence-corrected chi connectivity index (χ4v) is 2.45. The Morgan fingerprint density at radius 1 is 1.16 bits per heavy atom. The number of aryl methyl sites for hydroxylation is 3. The molecule has 4 nitrogen and oxygen atoms in total. The Morgan fingerprint density at radius 3 is 2.72 bits per heavy atom. The molecule has 25 heavy (non-hydrogen) atoms. The van der Waals surface area contributed by atoms with Crippen LogP contribution in [0.4, 0.5) is 10.1 Å². The van der Waals surface area contributed by atoms with Gasteiger partial charge >= 0.3 is 0 Å². The second kappa shape index (κ2) is 7.30. The van der Waals surface area contributed by atoms with Gasteiger partial charge in [0.05, 0.1) is 11.9 Å². The lowest BCUT2D eigenvalue weighted by molar-refractivity contribution is -0.116. The van der Waals surface area contributed by atoms with Gasteiger partial charge in [0.2, 0.25) is 5.91 Å². The summed E-state index contributed by atoms with van der Waals surface area (Å²) in [4.78, 5) is 16.2. The average Bonchev–Trinajstić information content (AvgIpc) is 3.07. The molecule has 0 spiro atoms. The number of rotatable bonds is 5. The molecule has 1 heterocycles. The first-order valence-corrected chi connectivity index (χ1v) is 8.09. The Kier molecular flexibility index (Phi) is 4.93. The maximum Gasteiger partial charge on any atom is 0.224 e. The van der Waals surface area contributed by atoms with Crippen LogP contribution in [0, 0.1) is 19.7 Å². The predicted molar refractivity (Wildman–Crippen MR) is 94.8 cm³/mol. The number of hydrogen-bond acceptors (Lipinski definition) is 3. The summed E-state index contributed by atoms with van der Waals surface area (Å²) in [5.41, 5.74) is 3.53. The SMILES string of the molecule is Cc1ccc(-c2cnc(CCC(=O)Nc3ccccc3F)o2)cc1C. The Balaban J connectivity index is 1.61. The van der Waals surface area contributed by atoms with E-state index in [1.807, 2.05) is 25.1 Å². The minimum atomic E-state index is -0.455. The van der Waals surface area contributed by atoms with E-state index >= 15 is 0 Å². The first-order chi connectivity index (χ1) is 12.0. The molecule has 0 aliphatic heterocycles. The highest BCUT2D eigenvalue weighted by Gasteiger charge is 2.11. The highest BCUT2D eigenvalue weighted by molar-refractivity contribution is 5.90. The van der Waals surface area contributed by atoms with Crippen molar-refractivity contribution >= 4 is 11.6 Å². The zero-order valence-electron chi connectivity index (χ0n) is 14.2. The van der Waals surface area contributed by atoms with E-state index < -0.39 is 5.82 Å². The number of nitrogens with one attached hydrogen (secondary N) is 1. The van der Waals surface area contributed by atoms with Crippen molar-refractivity contribution in [1.82, 2.24) is 4.98 Å². The third-order valence-electron chi connectivity index (χ3n) is 4.06. The molecule has 0 atom stereocenters. The Morgan fingerprint density at radius 2 is 1.96 bits per heavy atom. The maximum absolute atomic E-state index is 13.5. The fourth-order valence-electron chi connectivity index (χ4n) is 2.45. The summed E-state index contributed by atoms with van der Waals surface area (Å²) < 4.78 is 19.2. The van der Waals surface area contributed by atoms with Gasteiger partial charge in [-0.15, -0.1) is 0 Å². The van der Waals surface area contributed by atoms with E-state index in [0.717, 1.165) is 5.56 Å². The minimum absolute atomic E-state index is 0.168. The quantitative estimate of drug-likeness (QED) is 0.735. The Bertz CT molecular complexity index is 902.